The van der Waals surface area contributed by atoms with E-state index >= 15 is 0 Å². The SMILES string of the molecule is O=C(C1CCC1)N1C[C@@H]2CN(CCCn3ccnc3)C[C@@H]2[C@@H]1c1cccc(F)c1. The minimum absolute atomic E-state index is 0.0162. The molecule has 0 spiro atoms. The minimum Gasteiger partial charge on any atom is -0.337 e. The number of nitrogens with zero attached hydrogens (tertiary/aromatic N) is 4. The van der Waals surface area contributed by atoms with Crippen molar-refractivity contribution >= 4 is 5.91 Å². The number of aromatic nitrogens is 2. The Kier molecular flexibility index (Phi) is 5.12. The summed E-state index contributed by atoms with van der Waals surface area (Å²) in [7, 11) is 0. The van der Waals surface area contributed by atoms with Crippen LogP contribution >= 0.6 is 0 Å². The Morgan fingerprint density at radius 3 is 2.79 bits per heavy atom. The van der Waals surface area contributed by atoms with Crippen LogP contribution in [0.3, 0.4) is 0 Å². The zero-order valence-electron chi connectivity index (χ0n) is 16.8. The standard InChI is InChI=1S/C23H29FN4O/c24-20-7-2-6-18(12-20)22-21-15-27(10-3-9-26-11-8-25-16-26)13-19(21)14-28(22)23(29)17-4-1-5-17/h2,6-8,11-12,16-17,19,21-22H,1,3-5,9-10,13-15H2/t19-,21-,22-/m0/s1. The van der Waals surface area contributed by atoms with Crippen LogP contribution in [-0.4, -0.2) is 51.4 Å². The second kappa shape index (κ2) is 7.90. The maximum absolute atomic E-state index is 14.0. The lowest BCUT2D eigenvalue weighted by atomic mass is 9.83. The molecular weight excluding hydrogens is 367 g/mol. The number of rotatable bonds is 6. The van der Waals surface area contributed by atoms with E-state index in [1.807, 2.05) is 24.8 Å². The number of amides is 1. The molecule has 29 heavy (non-hydrogen) atoms. The fourth-order valence-corrected chi connectivity index (χ4v) is 5.45. The Morgan fingerprint density at radius 1 is 1.17 bits per heavy atom. The van der Waals surface area contributed by atoms with Crippen LogP contribution < -0.4 is 0 Å². The lowest BCUT2D eigenvalue weighted by molar-refractivity contribution is -0.139. The predicted octanol–water partition coefficient (Wildman–Crippen LogP) is 3.34. The van der Waals surface area contributed by atoms with Crippen LogP contribution in [0, 0.1) is 23.6 Å². The summed E-state index contributed by atoms with van der Waals surface area (Å²) >= 11 is 0. The number of carbonyl (C=O) groups is 1. The molecule has 1 amide bonds. The van der Waals surface area contributed by atoms with Gasteiger partial charge in [-0.2, -0.15) is 0 Å². The van der Waals surface area contributed by atoms with Gasteiger partial charge in [0.25, 0.3) is 0 Å². The van der Waals surface area contributed by atoms with Crippen molar-refractivity contribution in [3.63, 3.8) is 0 Å². The zero-order chi connectivity index (χ0) is 19.8. The number of likely N-dealkylation sites (tertiary alicyclic amines) is 2. The number of aryl methyl sites for hydroxylation is 1. The molecule has 6 heteroatoms. The van der Waals surface area contributed by atoms with Crippen molar-refractivity contribution in [1.82, 2.24) is 19.4 Å². The fraction of sp³-hybridized carbons (Fsp3) is 0.565. The fourth-order valence-electron chi connectivity index (χ4n) is 5.45. The average Bonchev–Trinajstić information content (AvgIpc) is 3.36. The molecule has 1 saturated carbocycles. The molecule has 2 aromatic rings. The molecule has 5 nitrogen and oxygen atoms in total. The maximum atomic E-state index is 14.0. The van der Waals surface area contributed by atoms with Gasteiger partial charge in [-0.25, -0.2) is 9.37 Å². The van der Waals surface area contributed by atoms with E-state index in [0.29, 0.717) is 17.7 Å². The molecule has 0 radical (unpaired) electrons. The second-order valence-electron chi connectivity index (χ2n) is 8.96. The van der Waals surface area contributed by atoms with Gasteiger partial charge in [0.1, 0.15) is 5.82 Å². The number of benzene rings is 1. The first-order chi connectivity index (χ1) is 14.2. The maximum Gasteiger partial charge on any atom is 0.226 e. The van der Waals surface area contributed by atoms with Gasteiger partial charge in [-0.3, -0.25) is 4.79 Å². The van der Waals surface area contributed by atoms with E-state index < -0.39 is 0 Å². The second-order valence-corrected chi connectivity index (χ2v) is 8.96. The van der Waals surface area contributed by atoms with Gasteiger partial charge in [-0.1, -0.05) is 18.6 Å². The van der Waals surface area contributed by atoms with Gasteiger partial charge >= 0.3 is 0 Å². The van der Waals surface area contributed by atoms with Crippen molar-refractivity contribution in [3.8, 4) is 0 Å². The topological polar surface area (TPSA) is 41.4 Å². The van der Waals surface area contributed by atoms with Crippen molar-refractivity contribution in [2.45, 2.75) is 38.3 Å². The van der Waals surface area contributed by atoms with Crippen molar-refractivity contribution < 1.29 is 9.18 Å². The Bertz CT molecular complexity index is 850. The summed E-state index contributed by atoms with van der Waals surface area (Å²) in [5.74, 6) is 1.16. The normalized spacial score (nSPS) is 27.2. The Labute approximate surface area is 171 Å². The third-order valence-electron chi connectivity index (χ3n) is 7.12. The van der Waals surface area contributed by atoms with Crippen LogP contribution in [-0.2, 0) is 11.3 Å². The molecule has 1 aromatic carbocycles. The van der Waals surface area contributed by atoms with Gasteiger partial charge < -0.3 is 14.4 Å². The van der Waals surface area contributed by atoms with E-state index in [9.17, 15) is 9.18 Å². The molecular formula is C23H29FN4O. The summed E-state index contributed by atoms with van der Waals surface area (Å²) in [6.07, 6.45) is 9.96. The molecule has 2 aliphatic heterocycles. The summed E-state index contributed by atoms with van der Waals surface area (Å²) in [5, 5.41) is 0. The highest BCUT2D eigenvalue weighted by atomic mass is 19.1. The molecule has 0 unspecified atom stereocenters. The number of hydrogen-bond acceptors (Lipinski definition) is 3. The number of fused-ring (bicyclic) bond motifs is 1. The third kappa shape index (κ3) is 3.70. The van der Waals surface area contributed by atoms with Crippen LogP contribution in [0.4, 0.5) is 4.39 Å². The van der Waals surface area contributed by atoms with Gasteiger partial charge in [-0.15, -0.1) is 0 Å². The molecule has 3 fully saturated rings. The summed E-state index contributed by atoms with van der Waals surface area (Å²) < 4.78 is 16.1. The monoisotopic (exact) mass is 396 g/mol. The molecule has 5 rings (SSSR count). The van der Waals surface area contributed by atoms with Crippen LogP contribution in [0.1, 0.15) is 37.3 Å². The molecule has 154 valence electrons. The minimum atomic E-state index is -0.211. The van der Waals surface area contributed by atoms with Gasteiger partial charge in [0.15, 0.2) is 0 Å². The van der Waals surface area contributed by atoms with Crippen LogP contribution in [0.5, 0.6) is 0 Å². The summed E-state index contributed by atoms with van der Waals surface area (Å²) in [6.45, 7) is 4.88. The molecule has 1 aromatic heterocycles. The van der Waals surface area contributed by atoms with Crippen molar-refractivity contribution in [3.05, 3.63) is 54.4 Å². The Morgan fingerprint density at radius 2 is 2.07 bits per heavy atom. The van der Waals surface area contributed by atoms with Gasteiger partial charge in [-0.05, 0) is 49.4 Å². The van der Waals surface area contributed by atoms with Crippen molar-refractivity contribution in [2.24, 2.45) is 17.8 Å². The molecule has 1 aliphatic carbocycles. The van der Waals surface area contributed by atoms with E-state index in [1.165, 1.54) is 6.07 Å². The van der Waals surface area contributed by atoms with Crippen molar-refractivity contribution in [1.29, 1.82) is 0 Å². The van der Waals surface area contributed by atoms with E-state index in [2.05, 4.69) is 19.4 Å². The highest BCUT2D eigenvalue weighted by Gasteiger charge is 2.50. The van der Waals surface area contributed by atoms with Crippen molar-refractivity contribution in [2.75, 3.05) is 26.2 Å². The molecule has 3 atom stereocenters. The molecule has 0 bridgehead atoms. The Balaban J connectivity index is 1.29. The third-order valence-corrected chi connectivity index (χ3v) is 7.12. The number of halogens is 1. The summed E-state index contributed by atoms with van der Waals surface area (Å²) in [4.78, 5) is 21.8. The number of hydrogen-bond donors (Lipinski definition) is 0. The summed E-state index contributed by atoms with van der Waals surface area (Å²) in [5.41, 5.74) is 0.963. The first-order valence-electron chi connectivity index (χ1n) is 10.9. The molecule has 3 heterocycles. The first kappa shape index (κ1) is 18.8. The molecule has 0 N–H and O–H groups in total. The lowest BCUT2D eigenvalue weighted by Crippen LogP contribution is -2.41. The van der Waals surface area contributed by atoms with E-state index in [4.69, 9.17) is 0 Å². The highest BCUT2D eigenvalue weighted by molar-refractivity contribution is 5.80. The largest absolute Gasteiger partial charge is 0.337 e. The molecule has 3 aliphatic rings. The van der Waals surface area contributed by atoms with Gasteiger partial charge in [0.05, 0.1) is 12.4 Å². The smallest absolute Gasteiger partial charge is 0.226 e. The molecule has 2 saturated heterocycles. The van der Waals surface area contributed by atoms with Gasteiger partial charge in [0, 0.05) is 50.4 Å². The predicted molar refractivity (Wildman–Crippen MR) is 108 cm³/mol. The lowest BCUT2D eigenvalue weighted by Gasteiger charge is -2.35. The van der Waals surface area contributed by atoms with E-state index in [-0.39, 0.29) is 17.8 Å². The first-order valence-corrected chi connectivity index (χ1v) is 10.9. The highest BCUT2D eigenvalue weighted by Crippen LogP contribution is 2.46. The zero-order valence-corrected chi connectivity index (χ0v) is 16.8. The Hall–Kier alpha value is -2.21. The average molecular weight is 397 g/mol. The summed E-state index contributed by atoms with van der Waals surface area (Å²) in [6, 6.07) is 6.92. The van der Waals surface area contributed by atoms with E-state index in [0.717, 1.165) is 64.0 Å². The quantitative estimate of drug-likeness (QED) is 0.752. The number of carbonyl (C=O) groups excluding carboxylic acids is 1. The van der Waals surface area contributed by atoms with E-state index in [1.54, 1.807) is 12.1 Å². The van der Waals surface area contributed by atoms with Crippen LogP contribution in [0.15, 0.2) is 43.0 Å². The van der Waals surface area contributed by atoms with Gasteiger partial charge in [0.2, 0.25) is 5.91 Å². The number of imidazole rings is 1. The van der Waals surface area contributed by atoms with Crippen LogP contribution in [0.25, 0.3) is 0 Å². The van der Waals surface area contributed by atoms with Crippen LogP contribution in [0.2, 0.25) is 0 Å².